The molecule has 0 radical (unpaired) electrons. The maximum Gasteiger partial charge on any atom is 0.151 e. The summed E-state index contributed by atoms with van der Waals surface area (Å²) in [6.45, 7) is 11.3. The fourth-order valence-electron chi connectivity index (χ4n) is 1.59. The highest BCUT2D eigenvalue weighted by Gasteiger charge is 2.14. The van der Waals surface area contributed by atoms with E-state index in [9.17, 15) is 0 Å². The van der Waals surface area contributed by atoms with Crippen molar-refractivity contribution in [3.63, 3.8) is 0 Å². The van der Waals surface area contributed by atoms with E-state index in [1.54, 1.807) is 6.92 Å². The summed E-state index contributed by atoms with van der Waals surface area (Å²) in [4.78, 5) is 0. The van der Waals surface area contributed by atoms with Crippen LogP contribution in [-0.4, -0.2) is 18.0 Å². The van der Waals surface area contributed by atoms with E-state index in [4.69, 9.17) is 9.84 Å². The Morgan fingerprint density at radius 2 is 1.77 bits per heavy atom. The number of aliphatic hydroxyl groups excluding tert-OH is 1. The van der Waals surface area contributed by atoms with Gasteiger partial charge in [0.2, 0.25) is 0 Å². The Bertz CT molecular complexity index is 125. The Kier molecular flexibility index (Phi) is 5.57. The lowest BCUT2D eigenvalue weighted by atomic mass is 9.84. The lowest BCUT2D eigenvalue weighted by Gasteiger charge is -2.23. The van der Waals surface area contributed by atoms with E-state index in [2.05, 4.69) is 27.7 Å². The van der Waals surface area contributed by atoms with E-state index in [1.165, 1.54) is 6.42 Å². The molecular formula is C11H24O2. The minimum absolute atomic E-state index is 0.393. The Hall–Kier alpha value is -0.0800. The van der Waals surface area contributed by atoms with Gasteiger partial charge in [0.25, 0.3) is 0 Å². The van der Waals surface area contributed by atoms with Gasteiger partial charge in [-0.15, -0.1) is 0 Å². The summed E-state index contributed by atoms with van der Waals surface area (Å²) in [5.41, 5.74) is 0.393. The summed E-state index contributed by atoms with van der Waals surface area (Å²) < 4.78 is 5.08. The van der Waals surface area contributed by atoms with Gasteiger partial charge in [-0.3, -0.25) is 0 Å². The Morgan fingerprint density at radius 1 is 1.23 bits per heavy atom. The molecule has 0 saturated carbocycles. The number of aliphatic hydroxyl groups is 1. The van der Waals surface area contributed by atoms with Gasteiger partial charge in [0.15, 0.2) is 6.29 Å². The van der Waals surface area contributed by atoms with Gasteiger partial charge in [-0.25, -0.2) is 0 Å². The first kappa shape index (κ1) is 12.9. The molecule has 2 nitrogen and oxygen atoms in total. The van der Waals surface area contributed by atoms with E-state index < -0.39 is 6.29 Å². The minimum Gasteiger partial charge on any atom is -0.368 e. The van der Waals surface area contributed by atoms with Crippen molar-refractivity contribution < 1.29 is 9.84 Å². The normalized spacial score (nSPS) is 17.1. The standard InChI is InChI=1S/C11H24O2/c1-9(8-11(3,4)5)6-7-13-10(2)12/h9-10,12H,6-8H2,1-5H3. The Labute approximate surface area is 82.3 Å². The van der Waals surface area contributed by atoms with Gasteiger partial charge < -0.3 is 9.84 Å². The fourth-order valence-corrected chi connectivity index (χ4v) is 1.59. The zero-order chi connectivity index (χ0) is 10.5. The summed E-state index contributed by atoms with van der Waals surface area (Å²) in [6, 6.07) is 0. The van der Waals surface area contributed by atoms with Crippen molar-refractivity contribution in [1.29, 1.82) is 0 Å². The molecule has 0 aliphatic heterocycles. The zero-order valence-corrected chi connectivity index (χ0v) is 9.63. The molecule has 2 atom stereocenters. The number of hydrogen-bond acceptors (Lipinski definition) is 2. The molecule has 0 aromatic rings. The van der Waals surface area contributed by atoms with Crippen molar-refractivity contribution in [2.75, 3.05) is 6.61 Å². The monoisotopic (exact) mass is 188 g/mol. The average Bonchev–Trinajstić information content (AvgIpc) is 1.81. The second-order valence-corrected chi connectivity index (χ2v) is 5.13. The Balaban J connectivity index is 3.46. The first-order valence-electron chi connectivity index (χ1n) is 5.11. The molecule has 1 N–H and O–H groups in total. The van der Waals surface area contributed by atoms with E-state index in [-0.39, 0.29) is 0 Å². The highest BCUT2D eigenvalue weighted by Crippen LogP contribution is 2.25. The number of rotatable bonds is 5. The summed E-state index contributed by atoms with van der Waals surface area (Å²) >= 11 is 0. The van der Waals surface area contributed by atoms with Crippen LogP contribution in [0.1, 0.15) is 47.5 Å². The molecule has 0 heterocycles. The predicted molar refractivity (Wildman–Crippen MR) is 55.5 cm³/mol. The van der Waals surface area contributed by atoms with Crippen LogP contribution in [0.4, 0.5) is 0 Å². The molecule has 0 rings (SSSR count). The molecule has 0 aromatic heterocycles. The molecular weight excluding hydrogens is 164 g/mol. The highest BCUT2D eigenvalue weighted by atomic mass is 16.6. The minimum atomic E-state index is -0.623. The molecule has 2 heteroatoms. The second-order valence-electron chi connectivity index (χ2n) is 5.13. The zero-order valence-electron chi connectivity index (χ0n) is 9.63. The molecule has 13 heavy (non-hydrogen) atoms. The van der Waals surface area contributed by atoms with Crippen LogP contribution < -0.4 is 0 Å². The van der Waals surface area contributed by atoms with E-state index in [0.29, 0.717) is 17.9 Å². The SMILES string of the molecule is CC(CCOC(C)O)CC(C)(C)C. The quantitative estimate of drug-likeness (QED) is 0.672. The van der Waals surface area contributed by atoms with Gasteiger partial charge in [-0.1, -0.05) is 27.7 Å². The number of ether oxygens (including phenoxy) is 1. The first-order chi connectivity index (χ1) is 5.81. The summed E-state index contributed by atoms with van der Waals surface area (Å²) in [5, 5.41) is 8.88. The van der Waals surface area contributed by atoms with Crippen LogP contribution in [0.25, 0.3) is 0 Å². The molecule has 2 unspecified atom stereocenters. The molecule has 0 bridgehead atoms. The van der Waals surface area contributed by atoms with Crippen LogP contribution in [0.2, 0.25) is 0 Å². The van der Waals surface area contributed by atoms with Crippen LogP contribution in [0.5, 0.6) is 0 Å². The van der Waals surface area contributed by atoms with Crippen LogP contribution in [0, 0.1) is 11.3 Å². The van der Waals surface area contributed by atoms with E-state index >= 15 is 0 Å². The maximum atomic E-state index is 8.88. The fraction of sp³-hybridized carbons (Fsp3) is 1.00. The lowest BCUT2D eigenvalue weighted by molar-refractivity contribution is -0.0884. The van der Waals surface area contributed by atoms with Crippen molar-refractivity contribution in [2.24, 2.45) is 11.3 Å². The van der Waals surface area contributed by atoms with Crippen molar-refractivity contribution in [1.82, 2.24) is 0 Å². The van der Waals surface area contributed by atoms with Crippen molar-refractivity contribution in [2.45, 2.75) is 53.8 Å². The van der Waals surface area contributed by atoms with E-state index in [1.807, 2.05) is 0 Å². The van der Waals surface area contributed by atoms with Gasteiger partial charge in [-0.2, -0.15) is 0 Å². The molecule has 0 aliphatic rings. The van der Waals surface area contributed by atoms with Crippen LogP contribution >= 0.6 is 0 Å². The molecule has 0 aliphatic carbocycles. The van der Waals surface area contributed by atoms with Crippen LogP contribution in [0.3, 0.4) is 0 Å². The van der Waals surface area contributed by atoms with Crippen LogP contribution in [0.15, 0.2) is 0 Å². The smallest absolute Gasteiger partial charge is 0.151 e. The van der Waals surface area contributed by atoms with Crippen LogP contribution in [-0.2, 0) is 4.74 Å². The lowest BCUT2D eigenvalue weighted by Crippen LogP contribution is -2.14. The third-order valence-electron chi connectivity index (χ3n) is 1.93. The van der Waals surface area contributed by atoms with Gasteiger partial charge in [0.1, 0.15) is 0 Å². The van der Waals surface area contributed by atoms with Crippen molar-refractivity contribution in [3.8, 4) is 0 Å². The largest absolute Gasteiger partial charge is 0.368 e. The number of hydrogen-bond donors (Lipinski definition) is 1. The topological polar surface area (TPSA) is 29.5 Å². The third kappa shape index (κ3) is 9.84. The second kappa shape index (κ2) is 5.61. The molecule has 0 amide bonds. The van der Waals surface area contributed by atoms with Gasteiger partial charge in [0.05, 0.1) is 0 Å². The van der Waals surface area contributed by atoms with Crippen molar-refractivity contribution >= 4 is 0 Å². The molecule has 80 valence electrons. The van der Waals surface area contributed by atoms with E-state index in [0.717, 1.165) is 6.42 Å². The molecule has 0 spiro atoms. The molecule has 0 saturated heterocycles. The van der Waals surface area contributed by atoms with Crippen molar-refractivity contribution in [3.05, 3.63) is 0 Å². The first-order valence-corrected chi connectivity index (χ1v) is 5.11. The molecule has 0 fully saturated rings. The maximum absolute atomic E-state index is 8.88. The van der Waals surface area contributed by atoms with Gasteiger partial charge >= 0.3 is 0 Å². The third-order valence-corrected chi connectivity index (χ3v) is 1.93. The summed E-state index contributed by atoms with van der Waals surface area (Å²) in [5.74, 6) is 0.666. The predicted octanol–water partition coefficient (Wildman–Crippen LogP) is 2.80. The average molecular weight is 188 g/mol. The van der Waals surface area contributed by atoms with Gasteiger partial charge in [-0.05, 0) is 31.1 Å². The highest BCUT2D eigenvalue weighted by molar-refractivity contribution is 4.66. The molecule has 0 aromatic carbocycles. The van der Waals surface area contributed by atoms with Gasteiger partial charge in [0, 0.05) is 6.61 Å². The summed E-state index contributed by atoms with van der Waals surface area (Å²) in [7, 11) is 0. The summed E-state index contributed by atoms with van der Waals surface area (Å²) in [6.07, 6.45) is 1.61. The Morgan fingerprint density at radius 3 is 2.15 bits per heavy atom.